The third kappa shape index (κ3) is 3.88. The summed E-state index contributed by atoms with van der Waals surface area (Å²) in [7, 11) is 2.17. The number of hydrogen-bond donors (Lipinski definition) is 2. The maximum Gasteiger partial charge on any atom is 0.157 e. The van der Waals surface area contributed by atoms with E-state index in [0.29, 0.717) is 17.2 Å². The number of pyridine rings is 1. The van der Waals surface area contributed by atoms with E-state index in [9.17, 15) is 4.21 Å². The topological polar surface area (TPSA) is 79.5 Å². The fraction of sp³-hybridized carbons (Fsp3) is 0.471. The van der Waals surface area contributed by atoms with Gasteiger partial charge in [-0.15, -0.1) is 0 Å². The number of piperidine rings is 1. The van der Waals surface area contributed by atoms with E-state index in [2.05, 4.69) is 29.1 Å². The maximum absolute atomic E-state index is 11.0. The number of benzene rings is 1. The van der Waals surface area contributed by atoms with Gasteiger partial charge in [0.15, 0.2) is 11.1 Å². The van der Waals surface area contributed by atoms with Crippen LogP contribution < -0.4 is 5.73 Å². The van der Waals surface area contributed by atoms with Crippen molar-refractivity contribution in [2.75, 3.05) is 25.9 Å². The zero-order chi connectivity index (χ0) is 16.4. The molecule has 1 aromatic heterocycles. The molecule has 6 heteroatoms. The molecule has 0 spiro atoms. The number of aromatic nitrogens is 1. The van der Waals surface area contributed by atoms with E-state index in [0.717, 1.165) is 30.4 Å². The highest BCUT2D eigenvalue weighted by atomic mass is 32.2. The van der Waals surface area contributed by atoms with E-state index in [1.807, 2.05) is 6.07 Å². The molecule has 1 unspecified atom stereocenters. The predicted octanol–water partition coefficient (Wildman–Crippen LogP) is 2.42. The molecule has 1 saturated heterocycles. The Hall–Kier alpha value is -1.50. The molecule has 23 heavy (non-hydrogen) atoms. The number of rotatable bonds is 4. The van der Waals surface area contributed by atoms with Crippen molar-refractivity contribution >= 4 is 27.7 Å². The van der Waals surface area contributed by atoms with Crippen molar-refractivity contribution in [1.29, 1.82) is 0 Å². The van der Waals surface area contributed by atoms with Crippen LogP contribution in [0.5, 0.6) is 0 Å². The Morgan fingerprint density at radius 2 is 2.13 bits per heavy atom. The first-order valence-corrected chi connectivity index (χ1v) is 9.22. The molecule has 1 aliphatic rings. The molecule has 124 valence electrons. The number of likely N-dealkylation sites (tertiary alicyclic amines) is 1. The van der Waals surface area contributed by atoms with Gasteiger partial charge in [-0.25, -0.2) is 4.21 Å². The lowest BCUT2D eigenvalue weighted by molar-refractivity contribution is 0.219. The van der Waals surface area contributed by atoms with Crippen LogP contribution in [0.15, 0.2) is 24.4 Å². The van der Waals surface area contributed by atoms with Gasteiger partial charge in [-0.1, -0.05) is 6.07 Å². The number of nitrogens with two attached hydrogens (primary N) is 1. The third-order valence-electron chi connectivity index (χ3n) is 4.70. The van der Waals surface area contributed by atoms with E-state index >= 15 is 0 Å². The molecule has 2 aromatic rings. The van der Waals surface area contributed by atoms with Crippen LogP contribution in [0.3, 0.4) is 0 Å². The monoisotopic (exact) mass is 333 g/mol. The minimum absolute atomic E-state index is 0.0218. The lowest BCUT2D eigenvalue weighted by Crippen LogP contribution is -2.30. The highest BCUT2D eigenvalue weighted by Gasteiger charge is 2.17. The zero-order valence-electron chi connectivity index (χ0n) is 13.4. The minimum atomic E-state index is -1.91. The van der Waals surface area contributed by atoms with E-state index in [1.165, 1.54) is 18.4 Å². The zero-order valence-corrected chi connectivity index (χ0v) is 14.2. The first-order valence-electron chi connectivity index (χ1n) is 7.95. The average molecular weight is 333 g/mol. The molecule has 5 nitrogen and oxygen atoms in total. The SMILES string of the molecule is CN1CCC(Cc2ccc3ncc(CS(=O)O)c(N)c3c2)CC1. The molecular weight excluding hydrogens is 310 g/mol. The second-order valence-electron chi connectivity index (χ2n) is 6.47. The van der Waals surface area contributed by atoms with Crippen LogP contribution >= 0.6 is 0 Å². The standard InChI is InChI=1S/C17H23N3O2S/c1-20-6-4-12(5-7-20)8-13-2-3-16-15(9-13)17(18)14(10-19-16)11-23(21)22/h2-3,9-10,12H,4-8,11H2,1H3,(H2,18,19)(H,21,22). The van der Waals surface area contributed by atoms with Crippen LogP contribution in [0.4, 0.5) is 5.69 Å². The van der Waals surface area contributed by atoms with Crippen molar-refractivity contribution in [2.24, 2.45) is 5.92 Å². The fourth-order valence-electron chi connectivity index (χ4n) is 3.28. The van der Waals surface area contributed by atoms with E-state index in [-0.39, 0.29) is 5.75 Å². The normalized spacial score (nSPS) is 18.3. The molecule has 0 radical (unpaired) electrons. The highest BCUT2D eigenvalue weighted by Crippen LogP contribution is 2.27. The number of anilines is 1. The van der Waals surface area contributed by atoms with Gasteiger partial charge in [0.1, 0.15) is 0 Å². The summed E-state index contributed by atoms with van der Waals surface area (Å²) >= 11 is -1.91. The van der Waals surface area contributed by atoms with Crippen molar-refractivity contribution in [3.05, 3.63) is 35.5 Å². The van der Waals surface area contributed by atoms with Crippen molar-refractivity contribution in [3.63, 3.8) is 0 Å². The molecule has 0 aliphatic carbocycles. The summed E-state index contributed by atoms with van der Waals surface area (Å²) in [6.45, 7) is 2.32. The van der Waals surface area contributed by atoms with Crippen molar-refractivity contribution in [3.8, 4) is 0 Å². The quantitative estimate of drug-likeness (QED) is 0.840. The lowest BCUT2D eigenvalue weighted by Gasteiger charge is -2.29. The molecule has 3 N–H and O–H groups in total. The summed E-state index contributed by atoms with van der Waals surface area (Å²) in [6.07, 6.45) is 5.11. The smallest absolute Gasteiger partial charge is 0.157 e. The van der Waals surface area contributed by atoms with Crippen molar-refractivity contribution < 1.29 is 8.76 Å². The van der Waals surface area contributed by atoms with Gasteiger partial charge in [-0.2, -0.15) is 0 Å². The van der Waals surface area contributed by atoms with Gasteiger partial charge in [0.25, 0.3) is 0 Å². The first-order chi connectivity index (χ1) is 11.0. The molecule has 1 aromatic carbocycles. The summed E-state index contributed by atoms with van der Waals surface area (Å²) < 4.78 is 20.1. The average Bonchev–Trinajstić information content (AvgIpc) is 2.52. The molecule has 0 bridgehead atoms. The van der Waals surface area contributed by atoms with E-state index in [1.54, 1.807) is 6.20 Å². The van der Waals surface area contributed by atoms with Gasteiger partial charge in [0.2, 0.25) is 0 Å². The minimum Gasteiger partial charge on any atom is -0.398 e. The van der Waals surface area contributed by atoms with Gasteiger partial charge < -0.3 is 15.2 Å². The summed E-state index contributed by atoms with van der Waals surface area (Å²) in [5, 5.41) is 0.887. The predicted molar refractivity (Wildman–Crippen MR) is 94.6 cm³/mol. The van der Waals surface area contributed by atoms with Crippen LogP contribution in [-0.2, 0) is 23.3 Å². The first kappa shape index (κ1) is 16.4. The highest BCUT2D eigenvalue weighted by molar-refractivity contribution is 7.78. The van der Waals surface area contributed by atoms with Gasteiger partial charge in [0.05, 0.1) is 11.3 Å². The largest absolute Gasteiger partial charge is 0.398 e. The second kappa shape index (κ2) is 6.95. The Labute approximate surface area is 139 Å². The Balaban J connectivity index is 1.85. The van der Waals surface area contributed by atoms with Crippen LogP contribution in [0.1, 0.15) is 24.0 Å². The summed E-state index contributed by atoms with van der Waals surface area (Å²) in [6, 6.07) is 6.21. The van der Waals surface area contributed by atoms with E-state index < -0.39 is 11.1 Å². The number of fused-ring (bicyclic) bond motifs is 1. The molecule has 1 fully saturated rings. The molecule has 1 aliphatic heterocycles. The fourth-order valence-corrected chi connectivity index (χ4v) is 3.77. The van der Waals surface area contributed by atoms with Crippen LogP contribution in [0.2, 0.25) is 0 Å². The van der Waals surface area contributed by atoms with Crippen LogP contribution in [0, 0.1) is 5.92 Å². The van der Waals surface area contributed by atoms with Crippen molar-refractivity contribution in [2.45, 2.75) is 25.0 Å². The molecule has 1 atom stereocenters. The summed E-state index contributed by atoms with van der Waals surface area (Å²) in [5.74, 6) is 0.736. The molecule has 0 saturated carbocycles. The van der Waals surface area contributed by atoms with Gasteiger partial charge in [0, 0.05) is 22.8 Å². The Kier molecular flexibility index (Phi) is 4.94. The van der Waals surface area contributed by atoms with Gasteiger partial charge in [-0.3, -0.25) is 4.98 Å². The van der Waals surface area contributed by atoms with Gasteiger partial charge in [-0.05, 0) is 63.0 Å². The van der Waals surface area contributed by atoms with E-state index in [4.69, 9.17) is 10.3 Å². The number of nitrogen functional groups attached to an aromatic ring is 1. The summed E-state index contributed by atoms with van der Waals surface area (Å²) in [4.78, 5) is 6.74. The maximum atomic E-state index is 11.0. The molecular formula is C17H23N3O2S. The lowest BCUT2D eigenvalue weighted by atomic mass is 9.90. The summed E-state index contributed by atoms with van der Waals surface area (Å²) in [5.41, 5.74) is 9.50. The molecule has 2 heterocycles. The third-order valence-corrected chi connectivity index (χ3v) is 5.26. The van der Waals surface area contributed by atoms with Gasteiger partial charge >= 0.3 is 0 Å². The number of hydrogen-bond acceptors (Lipinski definition) is 4. The number of nitrogens with zero attached hydrogens (tertiary/aromatic N) is 2. The Bertz CT molecular complexity index is 727. The van der Waals surface area contributed by atoms with Crippen LogP contribution in [-0.4, -0.2) is 38.8 Å². The second-order valence-corrected chi connectivity index (χ2v) is 7.40. The van der Waals surface area contributed by atoms with Crippen LogP contribution in [0.25, 0.3) is 10.9 Å². The van der Waals surface area contributed by atoms with Crippen molar-refractivity contribution in [1.82, 2.24) is 9.88 Å². The Morgan fingerprint density at radius 1 is 1.39 bits per heavy atom. The molecule has 3 rings (SSSR count). The Morgan fingerprint density at radius 3 is 2.83 bits per heavy atom. The molecule has 0 amide bonds.